The highest BCUT2D eigenvalue weighted by Crippen LogP contribution is 2.18. The van der Waals surface area contributed by atoms with Gasteiger partial charge in [0.25, 0.3) is 0 Å². The zero-order valence-corrected chi connectivity index (χ0v) is 7.84. The molecule has 1 aliphatic rings. The molecular weight excluding hydrogens is 152 g/mol. The summed E-state index contributed by atoms with van der Waals surface area (Å²) in [6.07, 6.45) is 7.52. The minimum atomic E-state index is 0.00797. The molecule has 1 atom stereocenters. The SMILES string of the molecule is CCCC[C@H]1CCCCC(=O)O1. The van der Waals surface area contributed by atoms with E-state index in [1.54, 1.807) is 0 Å². The van der Waals surface area contributed by atoms with Gasteiger partial charge in [0.1, 0.15) is 6.10 Å². The number of cyclic esters (lactones) is 1. The summed E-state index contributed by atoms with van der Waals surface area (Å²) in [6.45, 7) is 2.17. The molecule has 0 aromatic rings. The van der Waals surface area contributed by atoms with E-state index in [0.29, 0.717) is 6.42 Å². The van der Waals surface area contributed by atoms with Crippen molar-refractivity contribution < 1.29 is 9.53 Å². The summed E-state index contributed by atoms with van der Waals surface area (Å²) in [5.74, 6) is 0.00797. The third-order valence-corrected chi connectivity index (χ3v) is 2.33. The third-order valence-electron chi connectivity index (χ3n) is 2.33. The Labute approximate surface area is 74.3 Å². The smallest absolute Gasteiger partial charge is 0.306 e. The molecule has 2 nitrogen and oxygen atoms in total. The molecular formula is C10H18O2. The average molecular weight is 170 g/mol. The minimum Gasteiger partial charge on any atom is -0.462 e. The quantitative estimate of drug-likeness (QED) is 0.609. The van der Waals surface area contributed by atoms with Gasteiger partial charge in [-0.25, -0.2) is 0 Å². The van der Waals surface area contributed by atoms with Crippen LogP contribution in [0.1, 0.15) is 51.9 Å². The van der Waals surface area contributed by atoms with Crippen LogP contribution >= 0.6 is 0 Å². The molecule has 0 saturated carbocycles. The number of carbonyl (C=O) groups is 1. The van der Waals surface area contributed by atoms with E-state index in [2.05, 4.69) is 6.92 Å². The second kappa shape index (κ2) is 5.18. The molecule has 0 spiro atoms. The van der Waals surface area contributed by atoms with E-state index in [0.717, 1.165) is 25.7 Å². The number of carbonyl (C=O) groups excluding carboxylic acids is 1. The number of esters is 1. The molecule has 0 aliphatic carbocycles. The standard InChI is InChI=1S/C10H18O2/c1-2-3-6-9-7-4-5-8-10(11)12-9/h9H,2-8H2,1H3/t9-/m0/s1. The molecule has 70 valence electrons. The molecule has 12 heavy (non-hydrogen) atoms. The van der Waals surface area contributed by atoms with Gasteiger partial charge in [0.2, 0.25) is 0 Å². The van der Waals surface area contributed by atoms with E-state index in [-0.39, 0.29) is 12.1 Å². The van der Waals surface area contributed by atoms with Gasteiger partial charge in [0.15, 0.2) is 0 Å². The molecule has 0 amide bonds. The van der Waals surface area contributed by atoms with Crippen molar-refractivity contribution in [3.63, 3.8) is 0 Å². The molecule has 0 unspecified atom stereocenters. The van der Waals surface area contributed by atoms with Gasteiger partial charge in [-0.2, -0.15) is 0 Å². The van der Waals surface area contributed by atoms with Crippen LogP contribution in [0.5, 0.6) is 0 Å². The molecule has 1 fully saturated rings. The van der Waals surface area contributed by atoms with Gasteiger partial charge < -0.3 is 4.74 Å². The number of rotatable bonds is 3. The van der Waals surface area contributed by atoms with E-state index in [4.69, 9.17) is 4.74 Å². The summed E-state index contributed by atoms with van der Waals surface area (Å²) in [4.78, 5) is 11.0. The molecule has 2 heteroatoms. The van der Waals surface area contributed by atoms with E-state index < -0.39 is 0 Å². The van der Waals surface area contributed by atoms with Crippen molar-refractivity contribution in [2.45, 2.75) is 58.0 Å². The lowest BCUT2D eigenvalue weighted by molar-refractivity contribution is -0.148. The van der Waals surface area contributed by atoms with Gasteiger partial charge in [0.05, 0.1) is 0 Å². The van der Waals surface area contributed by atoms with Gasteiger partial charge in [-0.3, -0.25) is 4.79 Å². The van der Waals surface area contributed by atoms with E-state index in [1.165, 1.54) is 12.8 Å². The third kappa shape index (κ3) is 3.24. The first-order valence-corrected chi connectivity index (χ1v) is 5.02. The monoisotopic (exact) mass is 170 g/mol. The predicted molar refractivity (Wildman–Crippen MR) is 47.9 cm³/mol. The lowest BCUT2D eigenvalue weighted by Gasteiger charge is -2.13. The number of unbranched alkanes of at least 4 members (excludes halogenated alkanes) is 1. The Balaban J connectivity index is 2.26. The van der Waals surface area contributed by atoms with E-state index >= 15 is 0 Å². The fourth-order valence-electron chi connectivity index (χ4n) is 1.58. The summed E-state index contributed by atoms with van der Waals surface area (Å²) in [5, 5.41) is 0. The Morgan fingerprint density at radius 3 is 3.08 bits per heavy atom. The first kappa shape index (κ1) is 9.56. The Kier molecular flexibility index (Phi) is 4.12. The predicted octanol–water partition coefficient (Wildman–Crippen LogP) is 2.66. The highest BCUT2D eigenvalue weighted by molar-refractivity contribution is 5.69. The maximum Gasteiger partial charge on any atom is 0.306 e. The van der Waals surface area contributed by atoms with Crippen molar-refractivity contribution in [3.8, 4) is 0 Å². The topological polar surface area (TPSA) is 26.3 Å². The van der Waals surface area contributed by atoms with Gasteiger partial charge >= 0.3 is 5.97 Å². The Bertz CT molecular complexity index is 143. The fourth-order valence-corrected chi connectivity index (χ4v) is 1.58. The van der Waals surface area contributed by atoms with Crippen LogP contribution < -0.4 is 0 Å². The summed E-state index contributed by atoms with van der Waals surface area (Å²) < 4.78 is 5.27. The summed E-state index contributed by atoms with van der Waals surface area (Å²) in [6, 6.07) is 0. The maximum absolute atomic E-state index is 11.0. The van der Waals surface area contributed by atoms with Crippen LogP contribution in [0, 0.1) is 0 Å². The second-order valence-corrected chi connectivity index (χ2v) is 3.50. The molecule has 0 aromatic carbocycles. The fraction of sp³-hybridized carbons (Fsp3) is 0.900. The normalized spacial score (nSPS) is 24.8. The van der Waals surface area contributed by atoms with Crippen molar-refractivity contribution in [2.24, 2.45) is 0 Å². The van der Waals surface area contributed by atoms with Crippen molar-refractivity contribution in [1.82, 2.24) is 0 Å². The maximum atomic E-state index is 11.0. The van der Waals surface area contributed by atoms with E-state index in [9.17, 15) is 4.79 Å². The minimum absolute atomic E-state index is 0.00797. The van der Waals surface area contributed by atoms with Gasteiger partial charge in [0, 0.05) is 6.42 Å². The zero-order chi connectivity index (χ0) is 8.81. The van der Waals surface area contributed by atoms with E-state index in [1.807, 2.05) is 0 Å². The highest BCUT2D eigenvalue weighted by atomic mass is 16.5. The molecule has 1 aliphatic heterocycles. The summed E-state index contributed by atoms with van der Waals surface area (Å²) in [7, 11) is 0. The molecule has 0 N–H and O–H groups in total. The van der Waals surface area contributed by atoms with Crippen LogP contribution in [-0.2, 0) is 9.53 Å². The molecule has 0 bridgehead atoms. The average Bonchev–Trinajstić information content (AvgIpc) is 2.26. The largest absolute Gasteiger partial charge is 0.462 e. The Morgan fingerprint density at radius 1 is 1.50 bits per heavy atom. The van der Waals surface area contributed by atoms with Crippen molar-refractivity contribution >= 4 is 5.97 Å². The first-order chi connectivity index (χ1) is 5.83. The van der Waals surface area contributed by atoms with Crippen LogP contribution in [0.25, 0.3) is 0 Å². The van der Waals surface area contributed by atoms with Gasteiger partial charge in [-0.15, -0.1) is 0 Å². The van der Waals surface area contributed by atoms with Crippen LogP contribution in [0.4, 0.5) is 0 Å². The summed E-state index contributed by atoms with van der Waals surface area (Å²) >= 11 is 0. The second-order valence-electron chi connectivity index (χ2n) is 3.50. The van der Waals surface area contributed by atoms with Crippen LogP contribution in [-0.4, -0.2) is 12.1 Å². The zero-order valence-electron chi connectivity index (χ0n) is 7.84. The Morgan fingerprint density at radius 2 is 2.33 bits per heavy atom. The van der Waals surface area contributed by atoms with Crippen LogP contribution in [0.15, 0.2) is 0 Å². The van der Waals surface area contributed by atoms with Crippen molar-refractivity contribution in [2.75, 3.05) is 0 Å². The lowest BCUT2D eigenvalue weighted by atomic mass is 10.1. The van der Waals surface area contributed by atoms with Gasteiger partial charge in [-0.05, 0) is 25.7 Å². The van der Waals surface area contributed by atoms with Crippen molar-refractivity contribution in [1.29, 1.82) is 0 Å². The molecule has 0 aromatic heterocycles. The number of hydrogen-bond donors (Lipinski definition) is 0. The molecule has 1 heterocycles. The van der Waals surface area contributed by atoms with Gasteiger partial charge in [-0.1, -0.05) is 19.8 Å². The Hall–Kier alpha value is -0.530. The molecule has 1 saturated heterocycles. The van der Waals surface area contributed by atoms with Crippen LogP contribution in [0.2, 0.25) is 0 Å². The molecule has 0 radical (unpaired) electrons. The molecule has 1 rings (SSSR count). The number of ether oxygens (including phenoxy) is 1. The lowest BCUT2D eigenvalue weighted by Crippen LogP contribution is -2.14. The summed E-state index contributed by atoms with van der Waals surface area (Å²) in [5.41, 5.74) is 0. The van der Waals surface area contributed by atoms with Crippen molar-refractivity contribution in [3.05, 3.63) is 0 Å². The number of hydrogen-bond acceptors (Lipinski definition) is 2. The van der Waals surface area contributed by atoms with Crippen LogP contribution in [0.3, 0.4) is 0 Å². The first-order valence-electron chi connectivity index (χ1n) is 5.02. The highest BCUT2D eigenvalue weighted by Gasteiger charge is 2.17.